The molecule has 1 N–H and O–H groups in total. The summed E-state index contributed by atoms with van der Waals surface area (Å²) in [6, 6.07) is 4.46. The van der Waals surface area contributed by atoms with Crippen molar-refractivity contribution in [3.8, 4) is 17.2 Å². The van der Waals surface area contributed by atoms with Crippen LogP contribution in [-0.2, 0) is 6.54 Å². The Morgan fingerprint density at radius 3 is 2.46 bits per heavy atom. The van der Waals surface area contributed by atoms with Crippen molar-refractivity contribution in [2.75, 3.05) is 27.9 Å². The largest absolute Gasteiger partial charge is 0.493 e. The van der Waals surface area contributed by atoms with E-state index in [0.717, 1.165) is 25.1 Å². The predicted molar refractivity (Wildman–Crippen MR) is 91.7 cm³/mol. The van der Waals surface area contributed by atoms with Crippen LogP contribution in [0.4, 0.5) is 0 Å². The lowest BCUT2D eigenvalue weighted by molar-refractivity contribution is 0.140. The lowest BCUT2D eigenvalue weighted by Gasteiger charge is -2.35. The molecule has 2 aromatic rings. The Kier molecular flexibility index (Phi) is 5.25. The quantitative estimate of drug-likeness (QED) is 0.881. The number of benzene rings is 1. The van der Waals surface area contributed by atoms with Crippen LogP contribution in [0.2, 0.25) is 0 Å². The summed E-state index contributed by atoms with van der Waals surface area (Å²) in [7, 11) is 4.92. The molecule has 1 aromatic heterocycles. The molecule has 0 bridgehead atoms. The molecule has 0 unspecified atom stereocenters. The Morgan fingerprint density at radius 2 is 1.88 bits per heavy atom. The first-order chi connectivity index (χ1) is 11.8. The van der Waals surface area contributed by atoms with Gasteiger partial charge in [-0.15, -0.1) is 0 Å². The molecule has 6 nitrogen and oxygen atoms in total. The van der Waals surface area contributed by atoms with Crippen LogP contribution in [0.15, 0.2) is 24.5 Å². The first-order valence-corrected chi connectivity index (χ1v) is 8.28. The zero-order chi connectivity index (χ0) is 16.9. The molecule has 6 heteroatoms. The van der Waals surface area contributed by atoms with E-state index in [4.69, 9.17) is 14.2 Å². The molecule has 0 saturated carbocycles. The fourth-order valence-corrected chi connectivity index (χ4v) is 3.46. The van der Waals surface area contributed by atoms with Crippen LogP contribution in [0.1, 0.15) is 36.4 Å². The lowest BCUT2D eigenvalue weighted by Crippen LogP contribution is -2.32. The highest BCUT2D eigenvalue weighted by Crippen LogP contribution is 2.39. The average Bonchev–Trinajstić information content (AvgIpc) is 3.15. The molecule has 3 rings (SSSR count). The maximum Gasteiger partial charge on any atom is 0.203 e. The van der Waals surface area contributed by atoms with Gasteiger partial charge >= 0.3 is 0 Å². The van der Waals surface area contributed by atoms with E-state index in [9.17, 15) is 0 Å². The number of aromatic amines is 1. The van der Waals surface area contributed by atoms with Crippen LogP contribution < -0.4 is 14.2 Å². The smallest absolute Gasteiger partial charge is 0.203 e. The molecule has 1 fully saturated rings. The average molecular weight is 331 g/mol. The van der Waals surface area contributed by atoms with Gasteiger partial charge in [-0.1, -0.05) is 6.42 Å². The first-order valence-electron chi connectivity index (χ1n) is 8.28. The number of hydrogen-bond acceptors (Lipinski definition) is 5. The number of methoxy groups -OCH3 is 3. The van der Waals surface area contributed by atoms with Crippen molar-refractivity contribution < 1.29 is 14.2 Å². The van der Waals surface area contributed by atoms with E-state index in [0.29, 0.717) is 23.3 Å². The maximum atomic E-state index is 5.47. The number of likely N-dealkylation sites (tertiary alicyclic amines) is 1. The zero-order valence-electron chi connectivity index (χ0n) is 14.5. The van der Waals surface area contributed by atoms with Gasteiger partial charge in [0, 0.05) is 24.3 Å². The van der Waals surface area contributed by atoms with Crippen molar-refractivity contribution in [2.45, 2.75) is 31.8 Å². The molecule has 0 radical (unpaired) electrons. The molecular weight excluding hydrogens is 306 g/mol. The molecule has 0 spiro atoms. The number of H-pyrrole nitrogens is 1. The fourth-order valence-electron chi connectivity index (χ4n) is 3.46. The monoisotopic (exact) mass is 331 g/mol. The molecule has 1 saturated heterocycles. The molecule has 0 aliphatic carbocycles. The molecular formula is C18H25N3O3. The molecule has 130 valence electrons. The molecule has 2 heterocycles. The van der Waals surface area contributed by atoms with Gasteiger partial charge in [-0.25, -0.2) is 0 Å². The standard InChI is InChI=1S/C18H25N3O3/c1-22-16-8-13(9-17(23-2)18(16)24-3)12-21-7-5-4-6-15(21)14-10-19-20-11-14/h8-11,15H,4-7,12H2,1-3H3,(H,19,20)/t15-/m0/s1. The Morgan fingerprint density at radius 1 is 1.12 bits per heavy atom. The Balaban J connectivity index is 1.86. The third-order valence-electron chi connectivity index (χ3n) is 4.63. The second-order valence-electron chi connectivity index (χ2n) is 6.05. The minimum absolute atomic E-state index is 0.400. The van der Waals surface area contributed by atoms with E-state index >= 15 is 0 Å². The Bertz CT molecular complexity index is 633. The van der Waals surface area contributed by atoms with Gasteiger partial charge in [0.2, 0.25) is 5.75 Å². The van der Waals surface area contributed by atoms with Crippen LogP contribution in [0, 0.1) is 0 Å². The number of aromatic nitrogens is 2. The van der Waals surface area contributed by atoms with E-state index in [1.165, 1.54) is 18.4 Å². The second kappa shape index (κ2) is 7.57. The van der Waals surface area contributed by atoms with Gasteiger partial charge in [-0.05, 0) is 37.1 Å². The summed E-state index contributed by atoms with van der Waals surface area (Å²) >= 11 is 0. The minimum Gasteiger partial charge on any atom is -0.493 e. The third kappa shape index (κ3) is 3.33. The molecule has 1 aliphatic rings. The van der Waals surface area contributed by atoms with Crippen molar-refractivity contribution in [1.29, 1.82) is 0 Å². The van der Waals surface area contributed by atoms with Gasteiger partial charge in [-0.2, -0.15) is 5.10 Å². The summed E-state index contributed by atoms with van der Waals surface area (Å²) in [5.74, 6) is 2.03. The van der Waals surface area contributed by atoms with Crippen molar-refractivity contribution in [2.24, 2.45) is 0 Å². The van der Waals surface area contributed by atoms with Crippen molar-refractivity contribution in [3.05, 3.63) is 35.7 Å². The fraction of sp³-hybridized carbons (Fsp3) is 0.500. The Labute approximate surface area is 142 Å². The summed E-state index contributed by atoms with van der Waals surface area (Å²) in [4.78, 5) is 2.50. The summed E-state index contributed by atoms with van der Waals surface area (Å²) in [5.41, 5.74) is 2.40. The number of nitrogens with zero attached hydrogens (tertiary/aromatic N) is 2. The van der Waals surface area contributed by atoms with Gasteiger partial charge in [0.15, 0.2) is 11.5 Å². The summed E-state index contributed by atoms with van der Waals surface area (Å²) in [6.45, 7) is 1.92. The third-order valence-corrected chi connectivity index (χ3v) is 4.63. The minimum atomic E-state index is 0.400. The number of hydrogen-bond donors (Lipinski definition) is 1. The van der Waals surface area contributed by atoms with E-state index < -0.39 is 0 Å². The lowest BCUT2D eigenvalue weighted by atomic mass is 9.96. The van der Waals surface area contributed by atoms with Crippen LogP contribution >= 0.6 is 0 Å². The number of ether oxygens (including phenoxy) is 3. The summed E-state index contributed by atoms with van der Waals surface area (Å²) in [6.07, 6.45) is 7.56. The van der Waals surface area contributed by atoms with Gasteiger partial charge in [0.05, 0.1) is 27.5 Å². The normalized spacial score (nSPS) is 18.4. The van der Waals surface area contributed by atoms with Gasteiger partial charge in [0.25, 0.3) is 0 Å². The van der Waals surface area contributed by atoms with Gasteiger partial charge in [-0.3, -0.25) is 10.00 Å². The number of nitrogens with one attached hydrogen (secondary N) is 1. The van der Waals surface area contributed by atoms with E-state index in [-0.39, 0.29) is 0 Å². The highest BCUT2D eigenvalue weighted by molar-refractivity contribution is 5.53. The van der Waals surface area contributed by atoms with E-state index in [2.05, 4.69) is 15.1 Å². The van der Waals surface area contributed by atoms with Gasteiger partial charge < -0.3 is 14.2 Å². The number of piperidine rings is 1. The maximum absolute atomic E-state index is 5.47. The van der Waals surface area contributed by atoms with Crippen LogP contribution in [0.5, 0.6) is 17.2 Å². The summed E-state index contributed by atoms with van der Waals surface area (Å²) in [5, 5.41) is 7.04. The molecule has 24 heavy (non-hydrogen) atoms. The highest BCUT2D eigenvalue weighted by atomic mass is 16.5. The topological polar surface area (TPSA) is 59.6 Å². The summed E-state index contributed by atoms with van der Waals surface area (Å²) < 4.78 is 16.3. The molecule has 1 aromatic carbocycles. The molecule has 1 atom stereocenters. The van der Waals surface area contributed by atoms with Crippen LogP contribution in [0.3, 0.4) is 0 Å². The zero-order valence-corrected chi connectivity index (χ0v) is 14.5. The predicted octanol–water partition coefficient (Wildman–Crippen LogP) is 3.16. The van der Waals surface area contributed by atoms with Gasteiger partial charge in [0.1, 0.15) is 0 Å². The SMILES string of the molecule is COc1cc(CN2CCCC[C@H]2c2cn[nH]c2)cc(OC)c1OC. The Hall–Kier alpha value is -2.21. The molecule has 1 aliphatic heterocycles. The second-order valence-corrected chi connectivity index (χ2v) is 6.05. The van der Waals surface area contributed by atoms with E-state index in [1.54, 1.807) is 21.3 Å². The van der Waals surface area contributed by atoms with E-state index in [1.807, 2.05) is 24.5 Å². The highest BCUT2D eigenvalue weighted by Gasteiger charge is 2.25. The van der Waals surface area contributed by atoms with Crippen LogP contribution in [-0.4, -0.2) is 43.0 Å². The molecule has 0 amide bonds. The van der Waals surface area contributed by atoms with Crippen molar-refractivity contribution >= 4 is 0 Å². The van der Waals surface area contributed by atoms with Crippen molar-refractivity contribution in [1.82, 2.24) is 15.1 Å². The first kappa shape index (κ1) is 16.6. The van der Waals surface area contributed by atoms with Crippen LogP contribution in [0.25, 0.3) is 0 Å². The number of rotatable bonds is 6. The van der Waals surface area contributed by atoms with Crippen molar-refractivity contribution in [3.63, 3.8) is 0 Å².